The summed E-state index contributed by atoms with van der Waals surface area (Å²) in [4.78, 5) is 26.0. The van der Waals surface area contributed by atoms with Crippen molar-refractivity contribution in [1.82, 2.24) is 0 Å². The van der Waals surface area contributed by atoms with Crippen LogP contribution in [0.1, 0.15) is 30.4 Å². The van der Waals surface area contributed by atoms with Crippen LogP contribution in [-0.2, 0) is 16.0 Å². The summed E-state index contributed by atoms with van der Waals surface area (Å²) in [5, 5.41) is 3.62. The first-order valence-electron chi connectivity index (χ1n) is 8.48. The van der Waals surface area contributed by atoms with Crippen LogP contribution < -0.4 is 10.2 Å². The molecule has 0 spiro atoms. The van der Waals surface area contributed by atoms with Gasteiger partial charge in [0, 0.05) is 35.8 Å². The number of rotatable bonds is 5. The summed E-state index contributed by atoms with van der Waals surface area (Å²) in [6.07, 6.45) is 2.53. The number of anilines is 2. The lowest BCUT2D eigenvalue weighted by molar-refractivity contribution is -0.117. The Morgan fingerprint density at radius 1 is 1.20 bits per heavy atom. The first-order chi connectivity index (χ1) is 12.0. The number of amides is 2. The summed E-state index contributed by atoms with van der Waals surface area (Å²) in [6.45, 7) is 2.72. The van der Waals surface area contributed by atoms with Gasteiger partial charge in [0.15, 0.2) is 0 Å². The summed E-state index contributed by atoms with van der Waals surface area (Å²) in [7, 11) is 0. The second-order valence-electron chi connectivity index (χ2n) is 6.32. The summed E-state index contributed by atoms with van der Waals surface area (Å²) in [5.41, 5.74) is 3.72. The van der Waals surface area contributed by atoms with Gasteiger partial charge in [-0.1, -0.05) is 29.8 Å². The van der Waals surface area contributed by atoms with Gasteiger partial charge >= 0.3 is 0 Å². The van der Waals surface area contributed by atoms with Crippen LogP contribution in [0.5, 0.6) is 0 Å². The number of nitrogens with zero attached hydrogens (tertiary/aromatic N) is 1. The van der Waals surface area contributed by atoms with Crippen molar-refractivity contribution >= 4 is 34.8 Å². The molecule has 4 nitrogen and oxygen atoms in total. The Hall–Kier alpha value is -2.33. The summed E-state index contributed by atoms with van der Waals surface area (Å²) in [5.74, 6) is 0.104. The van der Waals surface area contributed by atoms with E-state index >= 15 is 0 Å². The molecule has 2 aromatic rings. The third-order valence-corrected chi connectivity index (χ3v) is 4.66. The minimum absolute atomic E-state index is 0.0440. The van der Waals surface area contributed by atoms with Gasteiger partial charge in [0.1, 0.15) is 0 Å². The van der Waals surface area contributed by atoms with Gasteiger partial charge < -0.3 is 10.2 Å². The Kier molecular flexibility index (Phi) is 5.39. The van der Waals surface area contributed by atoms with Crippen LogP contribution in [0.25, 0.3) is 0 Å². The molecule has 5 heteroatoms. The maximum atomic E-state index is 12.2. The van der Waals surface area contributed by atoms with Crippen molar-refractivity contribution in [3.05, 3.63) is 58.6 Å². The third kappa shape index (κ3) is 4.40. The highest BCUT2D eigenvalue weighted by Gasteiger charge is 2.23. The largest absolute Gasteiger partial charge is 0.326 e. The Bertz CT molecular complexity index is 787. The van der Waals surface area contributed by atoms with Crippen molar-refractivity contribution in [2.24, 2.45) is 0 Å². The fourth-order valence-electron chi connectivity index (χ4n) is 3.01. The van der Waals surface area contributed by atoms with E-state index in [1.54, 1.807) is 4.90 Å². The quantitative estimate of drug-likeness (QED) is 0.866. The van der Waals surface area contributed by atoms with Gasteiger partial charge in [0.2, 0.25) is 11.8 Å². The molecule has 1 saturated heterocycles. The molecule has 1 heterocycles. The normalized spacial score (nSPS) is 14.0. The van der Waals surface area contributed by atoms with Crippen molar-refractivity contribution in [1.29, 1.82) is 0 Å². The van der Waals surface area contributed by atoms with E-state index in [9.17, 15) is 9.59 Å². The SMILES string of the molecule is Cc1ccc(NC(=O)CCc2ccc(Cl)cc2)cc1N1CCCC1=O. The molecule has 0 unspecified atom stereocenters. The molecule has 1 aliphatic heterocycles. The van der Waals surface area contributed by atoms with Crippen molar-refractivity contribution in [3.63, 3.8) is 0 Å². The van der Waals surface area contributed by atoms with E-state index in [1.165, 1.54) is 0 Å². The number of benzene rings is 2. The number of carbonyl (C=O) groups is 2. The maximum Gasteiger partial charge on any atom is 0.227 e. The van der Waals surface area contributed by atoms with Crippen LogP contribution in [0.4, 0.5) is 11.4 Å². The van der Waals surface area contributed by atoms with Gasteiger partial charge in [-0.15, -0.1) is 0 Å². The summed E-state index contributed by atoms with van der Waals surface area (Å²) >= 11 is 5.87. The molecule has 0 saturated carbocycles. The highest BCUT2D eigenvalue weighted by molar-refractivity contribution is 6.30. The minimum Gasteiger partial charge on any atom is -0.326 e. The minimum atomic E-state index is -0.0440. The standard InChI is InChI=1S/C20H21ClN2O2/c1-14-4-10-17(13-18(14)23-12-2-3-20(23)25)22-19(24)11-7-15-5-8-16(21)9-6-15/h4-6,8-10,13H,2-3,7,11-12H2,1H3,(H,22,24). The molecule has 1 N–H and O–H groups in total. The van der Waals surface area contributed by atoms with Crippen molar-refractivity contribution in [2.75, 3.05) is 16.8 Å². The van der Waals surface area contributed by atoms with E-state index in [1.807, 2.05) is 49.4 Å². The van der Waals surface area contributed by atoms with Crippen molar-refractivity contribution < 1.29 is 9.59 Å². The summed E-state index contributed by atoms with van der Waals surface area (Å²) < 4.78 is 0. The Labute approximate surface area is 152 Å². The lowest BCUT2D eigenvalue weighted by atomic mass is 10.1. The molecule has 130 valence electrons. The molecule has 3 rings (SSSR count). The molecule has 1 fully saturated rings. The molecule has 2 aromatic carbocycles. The predicted octanol–water partition coefficient (Wildman–Crippen LogP) is 4.35. The fourth-order valence-corrected chi connectivity index (χ4v) is 3.14. The van der Waals surface area contributed by atoms with Crippen LogP contribution in [0.15, 0.2) is 42.5 Å². The van der Waals surface area contributed by atoms with Gasteiger partial charge in [0.25, 0.3) is 0 Å². The Morgan fingerprint density at radius 2 is 1.96 bits per heavy atom. The number of halogens is 1. The molecule has 0 bridgehead atoms. The molecule has 0 aromatic heterocycles. The summed E-state index contributed by atoms with van der Waals surface area (Å²) in [6, 6.07) is 13.2. The Morgan fingerprint density at radius 3 is 2.64 bits per heavy atom. The molecule has 0 atom stereocenters. The molecular formula is C20H21ClN2O2. The van der Waals surface area contributed by atoms with Gasteiger partial charge in [0.05, 0.1) is 0 Å². The van der Waals surface area contributed by atoms with Crippen LogP contribution >= 0.6 is 11.6 Å². The molecule has 0 aliphatic carbocycles. The van der Waals surface area contributed by atoms with E-state index in [0.29, 0.717) is 24.3 Å². The zero-order valence-corrected chi connectivity index (χ0v) is 15.0. The van der Waals surface area contributed by atoms with Gasteiger partial charge in [-0.3, -0.25) is 9.59 Å². The molecule has 2 amide bonds. The van der Waals surface area contributed by atoms with E-state index in [-0.39, 0.29) is 11.8 Å². The number of carbonyl (C=O) groups excluding carboxylic acids is 2. The lowest BCUT2D eigenvalue weighted by Crippen LogP contribution is -2.24. The first-order valence-corrected chi connectivity index (χ1v) is 8.86. The second kappa shape index (κ2) is 7.70. The van der Waals surface area contributed by atoms with Gasteiger partial charge in [-0.2, -0.15) is 0 Å². The fraction of sp³-hybridized carbons (Fsp3) is 0.300. The van der Waals surface area contributed by atoms with Crippen molar-refractivity contribution in [3.8, 4) is 0 Å². The number of aryl methyl sites for hydroxylation is 2. The average Bonchev–Trinajstić information content (AvgIpc) is 3.02. The highest BCUT2D eigenvalue weighted by Crippen LogP contribution is 2.28. The topological polar surface area (TPSA) is 49.4 Å². The zero-order chi connectivity index (χ0) is 17.8. The van der Waals surface area contributed by atoms with Gasteiger partial charge in [-0.25, -0.2) is 0 Å². The van der Waals surface area contributed by atoms with E-state index in [4.69, 9.17) is 11.6 Å². The molecule has 25 heavy (non-hydrogen) atoms. The smallest absolute Gasteiger partial charge is 0.227 e. The van der Waals surface area contributed by atoms with Crippen LogP contribution in [0.3, 0.4) is 0 Å². The zero-order valence-electron chi connectivity index (χ0n) is 14.2. The Balaban J connectivity index is 1.63. The number of hydrogen-bond donors (Lipinski definition) is 1. The predicted molar refractivity (Wildman–Crippen MR) is 101 cm³/mol. The highest BCUT2D eigenvalue weighted by atomic mass is 35.5. The third-order valence-electron chi connectivity index (χ3n) is 4.41. The van der Waals surface area contributed by atoms with E-state index in [2.05, 4.69) is 5.32 Å². The van der Waals surface area contributed by atoms with Crippen LogP contribution in [0.2, 0.25) is 5.02 Å². The second-order valence-corrected chi connectivity index (χ2v) is 6.76. The van der Waals surface area contributed by atoms with Crippen LogP contribution in [0, 0.1) is 6.92 Å². The first kappa shape index (κ1) is 17.5. The monoisotopic (exact) mass is 356 g/mol. The average molecular weight is 357 g/mol. The lowest BCUT2D eigenvalue weighted by Gasteiger charge is -2.19. The number of nitrogens with one attached hydrogen (secondary N) is 1. The van der Waals surface area contributed by atoms with Crippen LogP contribution in [-0.4, -0.2) is 18.4 Å². The van der Waals surface area contributed by atoms with Gasteiger partial charge in [-0.05, 0) is 55.2 Å². The van der Waals surface area contributed by atoms with E-state index in [0.717, 1.165) is 35.5 Å². The van der Waals surface area contributed by atoms with Crippen molar-refractivity contribution in [2.45, 2.75) is 32.6 Å². The number of hydrogen-bond acceptors (Lipinski definition) is 2. The maximum absolute atomic E-state index is 12.2. The van der Waals surface area contributed by atoms with E-state index < -0.39 is 0 Å². The molecule has 1 aliphatic rings. The molecule has 0 radical (unpaired) electrons. The molecular weight excluding hydrogens is 336 g/mol.